The van der Waals surface area contributed by atoms with Gasteiger partial charge in [-0.3, -0.25) is 0 Å². The molecule has 96 valence electrons. The third-order valence-corrected chi connectivity index (χ3v) is 3.66. The summed E-state index contributed by atoms with van der Waals surface area (Å²) in [5.74, 6) is 0. The molecule has 0 amide bonds. The van der Waals surface area contributed by atoms with Gasteiger partial charge in [0.1, 0.15) is 0 Å². The number of tetrazole rings is 1. The lowest BCUT2D eigenvalue weighted by Gasteiger charge is -2.26. The SMILES string of the molecule is c1cc(CCCN2CCCCC2)n2nnnc2c1. The van der Waals surface area contributed by atoms with Gasteiger partial charge < -0.3 is 4.90 Å². The van der Waals surface area contributed by atoms with Crippen LogP contribution >= 0.6 is 0 Å². The van der Waals surface area contributed by atoms with Gasteiger partial charge in [0.05, 0.1) is 0 Å². The van der Waals surface area contributed by atoms with Gasteiger partial charge in [0.25, 0.3) is 0 Å². The zero-order valence-corrected chi connectivity index (χ0v) is 10.6. The molecule has 0 unspecified atom stereocenters. The number of nitrogens with zero attached hydrogens (tertiary/aromatic N) is 5. The molecule has 2 aromatic rings. The Morgan fingerprint density at radius 3 is 2.89 bits per heavy atom. The van der Waals surface area contributed by atoms with Gasteiger partial charge in [-0.1, -0.05) is 12.5 Å². The first-order valence-corrected chi connectivity index (χ1v) is 6.82. The van der Waals surface area contributed by atoms with Crippen molar-refractivity contribution in [1.82, 2.24) is 24.9 Å². The fourth-order valence-electron chi connectivity index (χ4n) is 2.67. The Balaban J connectivity index is 1.57. The number of likely N-dealkylation sites (tertiary alicyclic amines) is 1. The number of piperidine rings is 1. The van der Waals surface area contributed by atoms with Crippen molar-refractivity contribution in [3.8, 4) is 0 Å². The quantitative estimate of drug-likeness (QED) is 0.819. The van der Waals surface area contributed by atoms with E-state index in [1.165, 1.54) is 51.0 Å². The molecule has 3 heterocycles. The van der Waals surface area contributed by atoms with E-state index in [0.717, 1.165) is 12.1 Å². The molecule has 0 spiro atoms. The zero-order chi connectivity index (χ0) is 12.2. The summed E-state index contributed by atoms with van der Waals surface area (Å²) in [6.07, 6.45) is 6.35. The van der Waals surface area contributed by atoms with Crippen LogP contribution in [0.3, 0.4) is 0 Å². The lowest BCUT2D eigenvalue weighted by molar-refractivity contribution is 0.226. The number of rotatable bonds is 4. The van der Waals surface area contributed by atoms with Crippen LogP contribution in [0.25, 0.3) is 5.65 Å². The van der Waals surface area contributed by atoms with Crippen LogP contribution in [0.1, 0.15) is 31.4 Å². The summed E-state index contributed by atoms with van der Waals surface area (Å²) in [5.41, 5.74) is 2.04. The molecule has 1 aliphatic heterocycles. The van der Waals surface area contributed by atoms with E-state index < -0.39 is 0 Å². The molecule has 18 heavy (non-hydrogen) atoms. The summed E-state index contributed by atoms with van der Waals surface area (Å²) in [5, 5.41) is 11.7. The monoisotopic (exact) mass is 245 g/mol. The molecule has 1 saturated heterocycles. The average molecular weight is 245 g/mol. The third kappa shape index (κ3) is 2.51. The van der Waals surface area contributed by atoms with Gasteiger partial charge in [0.15, 0.2) is 5.65 Å². The summed E-state index contributed by atoms with van der Waals surface area (Å²) in [4.78, 5) is 2.57. The second-order valence-electron chi connectivity index (χ2n) is 4.97. The summed E-state index contributed by atoms with van der Waals surface area (Å²) >= 11 is 0. The van der Waals surface area contributed by atoms with Crippen molar-refractivity contribution >= 4 is 5.65 Å². The van der Waals surface area contributed by atoms with Crippen molar-refractivity contribution < 1.29 is 0 Å². The Morgan fingerprint density at radius 2 is 2.00 bits per heavy atom. The van der Waals surface area contributed by atoms with Gasteiger partial charge in [0.2, 0.25) is 0 Å². The highest BCUT2D eigenvalue weighted by molar-refractivity contribution is 5.36. The van der Waals surface area contributed by atoms with Crippen LogP contribution in [0.2, 0.25) is 0 Å². The number of aromatic nitrogens is 4. The first-order valence-electron chi connectivity index (χ1n) is 6.82. The topological polar surface area (TPSA) is 46.3 Å². The molecule has 0 atom stereocenters. The molecular weight excluding hydrogens is 226 g/mol. The Labute approximate surface area is 107 Å². The van der Waals surface area contributed by atoms with E-state index in [-0.39, 0.29) is 0 Å². The summed E-state index contributed by atoms with van der Waals surface area (Å²) < 4.78 is 1.84. The molecule has 0 aliphatic carbocycles. The van der Waals surface area contributed by atoms with Crippen molar-refractivity contribution in [2.24, 2.45) is 0 Å². The zero-order valence-electron chi connectivity index (χ0n) is 10.6. The second-order valence-corrected chi connectivity index (χ2v) is 4.97. The molecule has 1 aliphatic rings. The highest BCUT2D eigenvalue weighted by Crippen LogP contribution is 2.10. The molecule has 1 fully saturated rings. The molecule has 5 heteroatoms. The van der Waals surface area contributed by atoms with Crippen molar-refractivity contribution in [3.05, 3.63) is 23.9 Å². The first-order chi connectivity index (χ1) is 8.93. The first kappa shape index (κ1) is 11.6. The maximum Gasteiger partial charge on any atom is 0.179 e. The smallest absolute Gasteiger partial charge is 0.179 e. The van der Waals surface area contributed by atoms with Gasteiger partial charge >= 0.3 is 0 Å². The van der Waals surface area contributed by atoms with E-state index in [2.05, 4.69) is 26.5 Å². The lowest BCUT2D eigenvalue weighted by atomic mass is 10.1. The van der Waals surface area contributed by atoms with Crippen LogP contribution in [0.4, 0.5) is 0 Å². The Morgan fingerprint density at radius 1 is 1.11 bits per heavy atom. The lowest BCUT2D eigenvalue weighted by Crippen LogP contribution is -2.30. The molecule has 0 saturated carbocycles. The maximum absolute atomic E-state index is 4.03. The Bertz CT molecular complexity index is 501. The van der Waals surface area contributed by atoms with Gasteiger partial charge in [-0.05, 0) is 67.9 Å². The van der Waals surface area contributed by atoms with Crippen LogP contribution in [0.5, 0.6) is 0 Å². The summed E-state index contributed by atoms with van der Waals surface area (Å²) in [6.45, 7) is 3.74. The highest BCUT2D eigenvalue weighted by atomic mass is 15.5. The predicted molar refractivity (Wildman–Crippen MR) is 69.4 cm³/mol. The normalized spacial score (nSPS) is 17.3. The van der Waals surface area contributed by atoms with Crippen LogP contribution in [-0.4, -0.2) is 44.6 Å². The fourth-order valence-corrected chi connectivity index (χ4v) is 2.67. The van der Waals surface area contributed by atoms with E-state index in [1.54, 1.807) is 0 Å². The molecule has 3 rings (SSSR count). The minimum Gasteiger partial charge on any atom is -0.303 e. The van der Waals surface area contributed by atoms with Crippen LogP contribution in [0, 0.1) is 0 Å². The van der Waals surface area contributed by atoms with Crippen LogP contribution < -0.4 is 0 Å². The molecule has 2 aromatic heterocycles. The van der Waals surface area contributed by atoms with Gasteiger partial charge in [-0.2, -0.15) is 4.52 Å². The molecular formula is C13H19N5. The van der Waals surface area contributed by atoms with E-state index >= 15 is 0 Å². The second kappa shape index (κ2) is 5.44. The van der Waals surface area contributed by atoms with Gasteiger partial charge in [0, 0.05) is 5.69 Å². The maximum atomic E-state index is 4.03. The molecule has 0 bridgehead atoms. The van der Waals surface area contributed by atoms with E-state index in [4.69, 9.17) is 0 Å². The predicted octanol–water partition coefficient (Wildman–Crippen LogP) is 1.54. The summed E-state index contributed by atoms with van der Waals surface area (Å²) in [6, 6.07) is 6.08. The highest BCUT2D eigenvalue weighted by Gasteiger charge is 2.10. The van der Waals surface area contributed by atoms with Gasteiger partial charge in [-0.15, -0.1) is 5.10 Å². The largest absolute Gasteiger partial charge is 0.303 e. The number of hydrogen-bond donors (Lipinski definition) is 0. The third-order valence-electron chi connectivity index (χ3n) is 3.66. The van der Waals surface area contributed by atoms with Crippen molar-refractivity contribution in [1.29, 1.82) is 0 Å². The van der Waals surface area contributed by atoms with E-state index in [9.17, 15) is 0 Å². The number of pyridine rings is 1. The van der Waals surface area contributed by atoms with Crippen molar-refractivity contribution in [2.45, 2.75) is 32.1 Å². The average Bonchev–Trinajstić information content (AvgIpc) is 2.89. The molecule has 0 radical (unpaired) electrons. The van der Waals surface area contributed by atoms with E-state index in [0.29, 0.717) is 0 Å². The van der Waals surface area contributed by atoms with Crippen molar-refractivity contribution in [2.75, 3.05) is 19.6 Å². The van der Waals surface area contributed by atoms with Crippen LogP contribution in [-0.2, 0) is 6.42 Å². The van der Waals surface area contributed by atoms with Crippen LogP contribution in [0.15, 0.2) is 18.2 Å². The minimum absolute atomic E-state index is 0.838. The standard InChI is InChI=1S/C13H19N5/c1-2-9-17(10-3-1)11-5-7-12-6-4-8-13-14-15-16-18(12)13/h4,6,8H,1-3,5,7,9-11H2. The van der Waals surface area contributed by atoms with Crippen molar-refractivity contribution in [3.63, 3.8) is 0 Å². The van der Waals surface area contributed by atoms with E-state index in [1.807, 2.05) is 16.6 Å². The Kier molecular flexibility index (Phi) is 3.50. The number of fused-ring (bicyclic) bond motifs is 1. The fraction of sp³-hybridized carbons (Fsp3) is 0.615. The van der Waals surface area contributed by atoms with Gasteiger partial charge in [-0.25, -0.2) is 0 Å². The minimum atomic E-state index is 0.838. The number of aryl methyl sites for hydroxylation is 1. The molecule has 5 nitrogen and oxygen atoms in total. The molecule has 0 aromatic carbocycles. The summed E-state index contributed by atoms with van der Waals surface area (Å²) in [7, 11) is 0. The Hall–Kier alpha value is -1.49. The number of hydrogen-bond acceptors (Lipinski definition) is 4. The molecule has 0 N–H and O–H groups in total.